The lowest BCUT2D eigenvalue weighted by molar-refractivity contribution is 0.162. The molecule has 2 heterocycles. The minimum absolute atomic E-state index is 0.259. The van der Waals surface area contributed by atoms with Crippen LogP contribution in [0.1, 0.15) is 18.4 Å². The molecular weight excluding hydrogens is 406 g/mol. The fourth-order valence-corrected chi connectivity index (χ4v) is 5.04. The van der Waals surface area contributed by atoms with Gasteiger partial charge in [0.2, 0.25) is 0 Å². The van der Waals surface area contributed by atoms with Gasteiger partial charge in [-0.1, -0.05) is 29.8 Å². The van der Waals surface area contributed by atoms with E-state index in [9.17, 15) is 5.11 Å². The Hall–Kier alpha value is -3.02. The average Bonchev–Trinajstić information content (AvgIpc) is 3.13. The van der Waals surface area contributed by atoms with Crippen LogP contribution in [0.15, 0.2) is 66.7 Å². The molecule has 0 radical (unpaired) electrons. The maximum absolute atomic E-state index is 9.94. The van der Waals surface area contributed by atoms with Crippen LogP contribution in [0.3, 0.4) is 0 Å². The van der Waals surface area contributed by atoms with Crippen LogP contribution in [0.2, 0.25) is 0 Å². The summed E-state index contributed by atoms with van der Waals surface area (Å²) in [6.45, 7) is 4.10. The average molecular weight is 432 g/mol. The number of rotatable bonds is 5. The minimum atomic E-state index is 0.259. The summed E-state index contributed by atoms with van der Waals surface area (Å²) in [6, 6.07) is 21.7. The van der Waals surface area contributed by atoms with E-state index >= 15 is 0 Å². The number of piperidine rings is 1. The fourth-order valence-electron chi connectivity index (χ4n) is 3.87. The van der Waals surface area contributed by atoms with Gasteiger partial charge in [-0.25, -0.2) is 0 Å². The molecule has 4 nitrogen and oxygen atoms in total. The summed E-state index contributed by atoms with van der Waals surface area (Å²) in [7, 11) is 0. The van der Waals surface area contributed by atoms with Gasteiger partial charge >= 0.3 is 0 Å². The Morgan fingerprint density at radius 2 is 1.61 bits per heavy atom. The van der Waals surface area contributed by atoms with Crippen molar-refractivity contribution >= 4 is 21.4 Å². The van der Waals surface area contributed by atoms with Gasteiger partial charge in [0.1, 0.15) is 23.4 Å². The Morgan fingerprint density at radius 3 is 2.35 bits per heavy atom. The van der Waals surface area contributed by atoms with Gasteiger partial charge < -0.3 is 19.9 Å². The standard InChI is InChI=1S/C26H25NO3S/c1-17-2-4-18(5-3-17)26-25(23-11-6-19(28)16-24(23)31-26)30-21-9-7-20(8-10-21)29-22-12-14-27-15-13-22/h2-11,16,22,27-28H,12-15H2,1H3. The summed E-state index contributed by atoms with van der Waals surface area (Å²) in [6.07, 6.45) is 2.34. The van der Waals surface area contributed by atoms with Gasteiger partial charge in [-0.15, -0.1) is 11.3 Å². The highest BCUT2D eigenvalue weighted by atomic mass is 32.1. The largest absolute Gasteiger partial charge is 0.508 e. The van der Waals surface area contributed by atoms with Crippen molar-refractivity contribution in [1.82, 2.24) is 5.32 Å². The third-order valence-electron chi connectivity index (χ3n) is 5.57. The number of hydrogen-bond acceptors (Lipinski definition) is 5. The quantitative estimate of drug-likeness (QED) is 0.378. The first-order valence-electron chi connectivity index (χ1n) is 10.6. The number of aryl methyl sites for hydroxylation is 1. The molecule has 1 aliphatic heterocycles. The van der Waals surface area contributed by atoms with Gasteiger partial charge in [-0.2, -0.15) is 0 Å². The molecule has 0 amide bonds. The number of ether oxygens (including phenoxy) is 2. The van der Waals surface area contributed by atoms with Crippen LogP contribution in [-0.4, -0.2) is 24.3 Å². The molecule has 2 N–H and O–H groups in total. The van der Waals surface area contributed by atoms with E-state index in [1.165, 1.54) is 5.56 Å². The van der Waals surface area contributed by atoms with E-state index in [0.717, 1.165) is 63.7 Å². The van der Waals surface area contributed by atoms with Gasteiger partial charge in [0.25, 0.3) is 0 Å². The van der Waals surface area contributed by atoms with E-state index in [1.54, 1.807) is 23.5 Å². The van der Waals surface area contributed by atoms with E-state index in [1.807, 2.05) is 30.3 Å². The molecule has 5 heteroatoms. The molecule has 31 heavy (non-hydrogen) atoms. The predicted octanol–water partition coefficient (Wildman–Crippen LogP) is 6.51. The molecule has 0 spiro atoms. The second-order valence-electron chi connectivity index (χ2n) is 7.95. The highest BCUT2D eigenvalue weighted by Crippen LogP contribution is 2.47. The third kappa shape index (κ3) is 4.38. The molecule has 0 aliphatic carbocycles. The molecule has 0 bridgehead atoms. The maximum atomic E-state index is 9.94. The molecule has 1 aromatic heterocycles. The zero-order chi connectivity index (χ0) is 21.2. The molecule has 3 aromatic carbocycles. The molecule has 1 saturated heterocycles. The second kappa shape index (κ2) is 8.61. The first kappa shape index (κ1) is 19.9. The van der Waals surface area contributed by atoms with Crippen molar-refractivity contribution in [2.24, 2.45) is 0 Å². The van der Waals surface area contributed by atoms with Crippen molar-refractivity contribution < 1.29 is 14.6 Å². The van der Waals surface area contributed by atoms with Crippen LogP contribution in [0, 0.1) is 6.92 Å². The monoisotopic (exact) mass is 431 g/mol. The van der Waals surface area contributed by atoms with E-state index in [2.05, 4.69) is 36.5 Å². The Labute approximate surface area is 186 Å². The van der Waals surface area contributed by atoms with Crippen LogP contribution < -0.4 is 14.8 Å². The van der Waals surface area contributed by atoms with Gasteiger partial charge in [-0.3, -0.25) is 0 Å². The third-order valence-corrected chi connectivity index (χ3v) is 6.76. The SMILES string of the molecule is Cc1ccc(-c2sc3cc(O)ccc3c2Oc2ccc(OC3CCNCC3)cc2)cc1. The van der Waals surface area contributed by atoms with E-state index < -0.39 is 0 Å². The summed E-state index contributed by atoms with van der Waals surface area (Å²) < 4.78 is 13.5. The lowest BCUT2D eigenvalue weighted by Gasteiger charge is -2.23. The highest BCUT2D eigenvalue weighted by molar-refractivity contribution is 7.22. The number of thiophene rings is 1. The highest BCUT2D eigenvalue weighted by Gasteiger charge is 2.18. The van der Waals surface area contributed by atoms with Crippen LogP contribution >= 0.6 is 11.3 Å². The zero-order valence-electron chi connectivity index (χ0n) is 17.4. The second-order valence-corrected chi connectivity index (χ2v) is 9.00. The Morgan fingerprint density at radius 1 is 0.903 bits per heavy atom. The van der Waals surface area contributed by atoms with Crippen molar-refractivity contribution in [1.29, 1.82) is 0 Å². The number of nitrogens with one attached hydrogen (secondary N) is 1. The van der Waals surface area contributed by atoms with Crippen LogP contribution in [-0.2, 0) is 0 Å². The minimum Gasteiger partial charge on any atom is -0.508 e. The van der Waals surface area contributed by atoms with Crippen molar-refractivity contribution in [3.63, 3.8) is 0 Å². The van der Waals surface area contributed by atoms with Gasteiger partial charge in [0.05, 0.1) is 4.88 Å². The molecule has 4 aromatic rings. The van der Waals surface area contributed by atoms with Gasteiger partial charge in [0.15, 0.2) is 5.75 Å². The summed E-state index contributed by atoms with van der Waals surface area (Å²) >= 11 is 1.63. The Bertz CT molecular complexity index is 1180. The summed E-state index contributed by atoms with van der Waals surface area (Å²) in [5.74, 6) is 2.71. The Kier molecular flexibility index (Phi) is 5.53. The number of fused-ring (bicyclic) bond motifs is 1. The molecular formula is C26H25NO3S. The number of phenolic OH excluding ortho intramolecular Hbond substituents is 1. The van der Waals surface area contributed by atoms with Crippen molar-refractivity contribution in [3.8, 4) is 33.4 Å². The van der Waals surface area contributed by atoms with Crippen LogP contribution in [0.4, 0.5) is 0 Å². The van der Waals surface area contributed by atoms with Gasteiger partial charge in [-0.05, 0) is 80.9 Å². The molecule has 158 valence electrons. The smallest absolute Gasteiger partial charge is 0.153 e. The number of aromatic hydroxyl groups is 1. The molecule has 5 rings (SSSR count). The molecule has 1 fully saturated rings. The van der Waals surface area contributed by atoms with Crippen molar-refractivity contribution in [2.75, 3.05) is 13.1 Å². The van der Waals surface area contributed by atoms with E-state index in [0.29, 0.717) is 0 Å². The number of benzene rings is 3. The van der Waals surface area contributed by atoms with E-state index in [4.69, 9.17) is 9.47 Å². The fraction of sp³-hybridized carbons (Fsp3) is 0.231. The summed E-state index contributed by atoms with van der Waals surface area (Å²) in [5, 5.41) is 14.3. The van der Waals surface area contributed by atoms with Crippen LogP contribution in [0.25, 0.3) is 20.5 Å². The number of phenols is 1. The molecule has 0 atom stereocenters. The lowest BCUT2D eigenvalue weighted by Crippen LogP contribution is -2.34. The van der Waals surface area contributed by atoms with Crippen molar-refractivity contribution in [3.05, 3.63) is 72.3 Å². The molecule has 0 saturated carbocycles. The van der Waals surface area contributed by atoms with Crippen LogP contribution in [0.5, 0.6) is 23.0 Å². The van der Waals surface area contributed by atoms with E-state index in [-0.39, 0.29) is 11.9 Å². The molecule has 1 aliphatic rings. The summed E-state index contributed by atoms with van der Waals surface area (Å²) in [4.78, 5) is 1.05. The zero-order valence-corrected chi connectivity index (χ0v) is 18.2. The van der Waals surface area contributed by atoms with Gasteiger partial charge in [0, 0.05) is 10.1 Å². The normalized spacial score (nSPS) is 14.6. The predicted molar refractivity (Wildman–Crippen MR) is 127 cm³/mol. The molecule has 0 unspecified atom stereocenters. The lowest BCUT2D eigenvalue weighted by atomic mass is 10.1. The number of hydrogen-bond donors (Lipinski definition) is 2. The first-order valence-corrected chi connectivity index (χ1v) is 11.5. The maximum Gasteiger partial charge on any atom is 0.153 e. The topological polar surface area (TPSA) is 50.7 Å². The summed E-state index contributed by atoms with van der Waals surface area (Å²) in [5.41, 5.74) is 2.32. The Balaban J connectivity index is 1.45. The first-order chi connectivity index (χ1) is 15.2. The van der Waals surface area contributed by atoms with Crippen molar-refractivity contribution in [2.45, 2.75) is 25.9 Å².